The third-order valence-corrected chi connectivity index (χ3v) is 2.88. The minimum Gasteiger partial charge on any atom is -0.356 e. The van der Waals surface area contributed by atoms with E-state index in [1.165, 1.54) is 19.0 Å². The Labute approximate surface area is 95.7 Å². The number of rotatable bonds is 4. The van der Waals surface area contributed by atoms with E-state index in [2.05, 4.69) is 15.2 Å². The third-order valence-electron chi connectivity index (χ3n) is 2.88. The zero-order valence-corrected chi connectivity index (χ0v) is 9.67. The molecule has 0 spiro atoms. The maximum atomic E-state index is 13.2. The predicted octanol–water partition coefficient (Wildman–Crippen LogP) is 1.93. The highest BCUT2D eigenvalue weighted by atomic mass is 19.1. The molecule has 16 heavy (non-hydrogen) atoms. The molecule has 1 saturated heterocycles. The van der Waals surface area contributed by atoms with Crippen LogP contribution in [-0.2, 0) is 6.54 Å². The topological polar surface area (TPSA) is 28.2 Å². The van der Waals surface area contributed by atoms with Crippen LogP contribution in [0.25, 0.3) is 0 Å². The van der Waals surface area contributed by atoms with E-state index in [0.29, 0.717) is 6.54 Å². The Morgan fingerprint density at radius 3 is 2.88 bits per heavy atom. The Balaban J connectivity index is 2.20. The molecular weight excluding hydrogens is 205 g/mol. The van der Waals surface area contributed by atoms with Crippen molar-refractivity contribution in [2.24, 2.45) is 0 Å². The first-order chi connectivity index (χ1) is 7.81. The van der Waals surface area contributed by atoms with Crippen LogP contribution in [0.2, 0.25) is 0 Å². The molecule has 0 aliphatic carbocycles. The second-order valence-corrected chi connectivity index (χ2v) is 4.11. The largest absolute Gasteiger partial charge is 0.356 e. The van der Waals surface area contributed by atoms with Crippen LogP contribution in [0, 0.1) is 5.82 Å². The predicted molar refractivity (Wildman–Crippen MR) is 63.0 cm³/mol. The molecule has 0 bridgehead atoms. The SMILES string of the molecule is CCNCc1cc(F)cnc1N1CCCC1. The number of hydrogen-bond donors (Lipinski definition) is 1. The summed E-state index contributed by atoms with van der Waals surface area (Å²) in [4.78, 5) is 6.47. The van der Waals surface area contributed by atoms with Gasteiger partial charge in [-0.2, -0.15) is 0 Å². The Hall–Kier alpha value is -1.16. The van der Waals surface area contributed by atoms with Gasteiger partial charge in [0.25, 0.3) is 0 Å². The Kier molecular flexibility index (Phi) is 3.72. The van der Waals surface area contributed by atoms with Crippen LogP contribution in [0.5, 0.6) is 0 Å². The summed E-state index contributed by atoms with van der Waals surface area (Å²) in [5.41, 5.74) is 0.962. The number of nitrogens with zero attached hydrogens (tertiary/aromatic N) is 2. The molecule has 1 fully saturated rings. The van der Waals surface area contributed by atoms with Gasteiger partial charge < -0.3 is 10.2 Å². The zero-order chi connectivity index (χ0) is 11.4. The molecule has 0 atom stereocenters. The summed E-state index contributed by atoms with van der Waals surface area (Å²) in [6.45, 7) is 5.70. The minimum absolute atomic E-state index is 0.254. The molecule has 1 aromatic heterocycles. The molecule has 1 N–H and O–H groups in total. The lowest BCUT2D eigenvalue weighted by Gasteiger charge is -2.20. The van der Waals surface area contributed by atoms with E-state index >= 15 is 0 Å². The van der Waals surface area contributed by atoms with Crippen molar-refractivity contribution in [1.82, 2.24) is 10.3 Å². The number of nitrogens with one attached hydrogen (secondary N) is 1. The maximum Gasteiger partial charge on any atom is 0.141 e. The number of hydrogen-bond acceptors (Lipinski definition) is 3. The van der Waals surface area contributed by atoms with Crippen molar-refractivity contribution in [3.63, 3.8) is 0 Å². The van der Waals surface area contributed by atoms with Crippen molar-refractivity contribution in [1.29, 1.82) is 0 Å². The summed E-state index contributed by atoms with van der Waals surface area (Å²) in [5, 5.41) is 3.22. The smallest absolute Gasteiger partial charge is 0.141 e. The zero-order valence-electron chi connectivity index (χ0n) is 9.67. The fourth-order valence-corrected chi connectivity index (χ4v) is 2.08. The lowest BCUT2D eigenvalue weighted by atomic mass is 10.2. The first-order valence-electron chi connectivity index (χ1n) is 5.91. The summed E-state index contributed by atoms with van der Waals surface area (Å²) in [6.07, 6.45) is 3.72. The Morgan fingerprint density at radius 2 is 2.19 bits per heavy atom. The van der Waals surface area contributed by atoms with Crippen molar-refractivity contribution in [3.05, 3.63) is 23.6 Å². The average Bonchev–Trinajstić information content (AvgIpc) is 2.80. The monoisotopic (exact) mass is 223 g/mol. The van der Waals surface area contributed by atoms with Crippen molar-refractivity contribution in [2.75, 3.05) is 24.5 Å². The number of aromatic nitrogens is 1. The van der Waals surface area contributed by atoms with E-state index in [1.807, 2.05) is 6.92 Å². The molecule has 1 aromatic rings. The van der Waals surface area contributed by atoms with Gasteiger partial charge in [-0.15, -0.1) is 0 Å². The molecule has 3 nitrogen and oxygen atoms in total. The third kappa shape index (κ3) is 2.50. The van der Waals surface area contributed by atoms with Gasteiger partial charge in [-0.25, -0.2) is 9.37 Å². The van der Waals surface area contributed by atoms with Crippen LogP contribution in [-0.4, -0.2) is 24.6 Å². The molecule has 2 heterocycles. The average molecular weight is 223 g/mol. The highest BCUT2D eigenvalue weighted by Crippen LogP contribution is 2.22. The van der Waals surface area contributed by atoms with E-state index in [0.717, 1.165) is 31.0 Å². The Morgan fingerprint density at radius 1 is 1.44 bits per heavy atom. The molecule has 0 unspecified atom stereocenters. The van der Waals surface area contributed by atoms with Crippen molar-refractivity contribution < 1.29 is 4.39 Å². The molecule has 0 amide bonds. The van der Waals surface area contributed by atoms with Gasteiger partial charge in [-0.05, 0) is 25.5 Å². The normalized spacial score (nSPS) is 15.8. The minimum atomic E-state index is -0.254. The van der Waals surface area contributed by atoms with Gasteiger partial charge in [0.2, 0.25) is 0 Å². The van der Waals surface area contributed by atoms with E-state index in [9.17, 15) is 4.39 Å². The van der Waals surface area contributed by atoms with Crippen LogP contribution in [0.1, 0.15) is 25.3 Å². The molecule has 88 valence electrons. The fraction of sp³-hybridized carbons (Fsp3) is 0.583. The van der Waals surface area contributed by atoms with E-state index in [-0.39, 0.29) is 5.82 Å². The number of pyridine rings is 1. The fourth-order valence-electron chi connectivity index (χ4n) is 2.08. The second-order valence-electron chi connectivity index (χ2n) is 4.11. The molecule has 0 aromatic carbocycles. The van der Waals surface area contributed by atoms with Crippen molar-refractivity contribution >= 4 is 5.82 Å². The first kappa shape index (κ1) is 11.3. The molecule has 0 saturated carbocycles. The van der Waals surface area contributed by atoms with Gasteiger partial charge in [0.15, 0.2) is 0 Å². The van der Waals surface area contributed by atoms with Gasteiger partial charge in [0, 0.05) is 25.2 Å². The highest BCUT2D eigenvalue weighted by molar-refractivity contribution is 5.47. The van der Waals surface area contributed by atoms with Crippen LogP contribution >= 0.6 is 0 Å². The summed E-state index contributed by atoms with van der Waals surface area (Å²) < 4.78 is 13.2. The van der Waals surface area contributed by atoms with E-state index in [1.54, 1.807) is 6.07 Å². The van der Waals surface area contributed by atoms with Gasteiger partial charge in [-0.3, -0.25) is 0 Å². The number of halogens is 1. The summed E-state index contributed by atoms with van der Waals surface area (Å²) >= 11 is 0. The summed E-state index contributed by atoms with van der Waals surface area (Å²) in [7, 11) is 0. The number of anilines is 1. The van der Waals surface area contributed by atoms with Crippen molar-refractivity contribution in [2.45, 2.75) is 26.3 Å². The van der Waals surface area contributed by atoms with Crippen LogP contribution < -0.4 is 10.2 Å². The molecule has 2 rings (SSSR count). The molecule has 0 radical (unpaired) electrons. The van der Waals surface area contributed by atoms with Gasteiger partial charge in [0.1, 0.15) is 11.6 Å². The van der Waals surface area contributed by atoms with E-state index in [4.69, 9.17) is 0 Å². The Bertz CT molecular complexity index is 348. The molecule has 4 heteroatoms. The quantitative estimate of drug-likeness (QED) is 0.845. The standard InChI is InChI=1S/C12H18FN3/c1-2-14-8-10-7-11(13)9-15-12(10)16-5-3-4-6-16/h7,9,14H,2-6,8H2,1H3. The lowest BCUT2D eigenvalue weighted by Crippen LogP contribution is -2.23. The van der Waals surface area contributed by atoms with Crippen molar-refractivity contribution in [3.8, 4) is 0 Å². The van der Waals surface area contributed by atoms with Gasteiger partial charge in [0.05, 0.1) is 6.20 Å². The van der Waals surface area contributed by atoms with Gasteiger partial charge in [-0.1, -0.05) is 6.92 Å². The van der Waals surface area contributed by atoms with E-state index < -0.39 is 0 Å². The summed E-state index contributed by atoms with van der Waals surface area (Å²) in [5.74, 6) is 0.690. The first-order valence-corrected chi connectivity index (χ1v) is 5.91. The van der Waals surface area contributed by atoms with Crippen LogP contribution in [0.15, 0.2) is 12.3 Å². The maximum absolute atomic E-state index is 13.2. The molecule has 1 aliphatic heterocycles. The summed E-state index contributed by atoms with van der Waals surface area (Å²) in [6, 6.07) is 1.59. The van der Waals surface area contributed by atoms with Crippen LogP contribution in [0.3, 0.4) is 0 Å². The van der Waals surface area contributed by atoms with Crippen LogP contribution in [0.4, 0.5) is 10.2 Å². The second kappa shape index (κ2) is 5.25. The lowest BCUT2D eigenvalue weighted by molar-refractivity contribution is 0.613. The molecular formula is C12H18FN3. The highest BCUT2D eigenvalue weighted by Gasteiger charge is 2.17. The van der Waals surface area contributed by atoms with Gasteiger partial charge >= 0.3 is 0 Å². The molecule has 1 aliphatic rings.